The summed E-state index contributed by atoms with van der Waals surface area (Å²) >= 11 is 0. The van der Waals surface area contributed by atoms with Gasteiger partial charge >= 0.3 is 5.69 Å². The molecule has 23 heavy (non-hydrogen) atoms. The van der Waals surface area contributed by atoms with Crippen LogP contribution >= 0.6 is 0 Å². The molecule has 0 aliphatic heterocycles. The number of carbonyl (C=O) groups excluding carboxylic acids is 1. The summed E-state index contributed by atoms with van der Waals surface area (Å²) in [6.07, 6.45) is 5.77. The predicted octanol–water partition coefficient (Wildman–Crippen LogP) is 0.861. The summed E-state index contributed by atoms with van der Waals surface area (Å²) in [5, 5.41) is 3.03. The quantitative estimate of drug-likeness (QED) is 0.887. The van der Waals surface area contributed by atoms with Gasteiger partial charge in [-0.25, -0.2) is 9.78 Å². The van der Waals surface area contributed by atoms with Crippen LogP contribution < -0.4 is 11.0 Å². The number of imidazole rings is 1. The van der Waals surface area contributed by atoms with Crippen molar-refractivity contribution in [3.8, 4) is 0 Å². The number of hydrogen-bond donors (Lipinski definition) is 1. The molecule has 0 radical (unpaired) electrons. The third kappa shape index (κ3) is 3.33. The van der Waals surface area contributed by atoms with Crippen LogP contribution in [-0.4, -0.2) is 25.0 Å². The second-order valence-electron chi connectivity index (χ2n) is 6.19. The molecular weight excluding hydrogens is 294 g/mol. The van der Waals surface area contributed by atoms with Gasteiger partial charge in [-0.3, -0.25) is 9.36 Å². The van der Waals surface area contributed by atoms with E-state index in [1.54, 1.807) is 26.1 Å². The summed E-state index contributed by atoms with van der Waals surface area (Å²) in [6.45, 7) is 3.55. The Labute approximate surface area is 134 Å². The van der Waals surface area contributed by atoms with Crippen LogP contribution in [0.25, 0.3) is 0 Å². The zero-order valence-electron chi connectivity index (χ0n) is 13.6. The summed E-state index contributed by atoms with van der Waals surface area (Å²) < 4.78 is 3.32. The number of aryl methyl sites for hydroxylation is 3. The van der Waals surface area contributed by atoms with Crippen LogP contribution in [0.15, 0.2) is 23.3 Å². The van der Waals surface area contributed by atoms with Crippen LogP contribution in [0.5, 0.6) is 0 Å². The van der Waals surface area contributed by atoms with Crippen molar-refractivity contribution in [2.24, 2.45) is 13.0 Å². The number of nitrogens with zero attached hydrogens (tertiary/aromatic N) is 4. The van der Waals surface area contributed by atoms with E-state index in [2.05, 4.69) is 15.3 Å². The van der Waals surface area contributed by atoms with Crippen molar-refractivity contribution in [1.82, 2.24) is 24.4 Å². The maximum absolute atomic E-state index is 12.4. The molecule has 1 N–H and O–H groups in total. The van der Waals surface area contributed by atoms with Crippen molar-refractivity contribution in [1.29, 1.82) is 0 Å². The highest BCUT2D eigenvalue weighted by Gasteiger charge is 2.35. The van der Waals surface area contributed by atoms with Crippen molar-refractivity contribution in [2.45, 2.75) is 39.3 Å². The molecule has 122 valence electrons. The monoisotopic (exact) mass is 315 g/mol. The van der Waals surface area contributed by atoms with E-state index < -0.39 is 5.69 Å². The fraction of sp³-hybridized carbons (Fsp3) is 0.500. The topological polar surface area (TPSA) is 81.8 Å². The molecule has 7 nitrogen and oxygen atoms in total. The average Bonchev–Trinajstić information content (AvgIpc) is 3.22. The molecule has 1 atom stereocenters. The molecule has 1 amide bonds. The molecule has 0 unspecified atom stereocenters. The first-order valence-electron chi connectivity index (χ1n) is 7.77. The number of carbonyl (C=O) groups is 1. The molecule has 0 spiro atoms. The second-order valence-corrected chi connectivity index (χ2v) is 6.19. The van der Waals surface area contributed by atoms with E-state index in [1.807, 2.05) is 17.8 Å². The lowest BCUT2D eigenvalue weighted by molar-refractivity contribution is -0.122. The van der Waals surface area contributed by atoms with E-state index in [1.165, 1.54) is 4.57 Å². The third-order valence-corrected chi connectivity index (χ3v) is 4.19. The molecule has 1 fully saturated rings. The lowest BCUT2D eigenvalue weighted by Crippen LogP contribution is -2.37. The third-order valence-electron chi connectivity index (χ3n) is 4.19. The SMILES string of the molecule is Cc1cc(C)n(CC(=O)N[C@H](c2nccn2C)C2CC2)c(=O)n1. The molecule has 1 aliphatic carbocycles. The molecule has 2 heterocycles. The molecule has 0 bridgehead atoms. The van der Waals surface area contributed by atoms with E-state index in [4.69, 9.17) is 0 Å². The van der Waals surface area contributed by atoms with Gasteiger partial charge in [-0.1, -0.05) is 0 Å². The number of nitrogens with one attached hydrogen (secondary N) is 1. The molecule has 0 saturated heterocycles. The molecule has 0 aromatic carbocycles. The minimum atomic E-state index is -0.391. The zero-order valence-corrected chi connectivity index (χ0v) is 13.6. The lowest BCUT2D eigenvalue weighted by atomic mass is 10.1. The number of amides is 1. The Morgan fingerprint density at radius 2 is 2.17 bits per heavy atom. The van der Waals surface area contributed by atoms with Gasteiger partial charge in [-0.15, -0.1) is 0 Å². The second kappa shape index (κ2) is 5.98. The maximum atomic E-state index is 12.4. The van der Waals surface area contributed by atoms with Crippen LogP contribution in [-0.2, 0) is 18.4 Å². The first-order chi connectivity index (χ1) is 11.0. The van der Waals surface area contributed by atoms with Crippen molar-refractivity contribution in [3.05, 3.63) is 46.2 Å². The van der Waals surface area contributed by atoms with Crippen LogP contribution in [0.4, 0.5) is 0 Å². The Morgan fingerprint density at radius 3 is 2.74 bits per heavy atom. The Bertz CT molecular complexity index is 788. The number of aromatic nitrogens is 4. The van der Waals surface area contributed by atoms with Crippen molar-refractivity contribution >= 4 is 5.91 Å². The predicted molar refractivity (Wildman–Crippen MR) is 84.8 cm³/mol. The molecule has 3 rings (SSSR count). The van der Waals surface area contributed by atoms with Gasteiger partial charge < -0.3 is 9.88 Å². The van der Waals surface area contributed by atoms with Gasteiger partial charge in [-0.2, -0.15) is 4.98 Å². The van der Waals surface area contributed by atoms with Gasteiger partial charge in [0.2, 0.25) is 5.91 Å². The lowest BCUT2D eigenvalue weighted by Gasteiger charge is -2.19. The molecule has 2 aromatic heterocycles. The van der Waals surface area contributed by atoms with Gasteiger partial charge in [0.15, 0.2) is 0 Å². The largest absolute Gasteiger partial charge is 0.348 e. The summed E-state index contributed by atoms with van der Waals surface area (Å²) in [4.78, 5) is 32.6. The highest BCUT2D eigenvalue weighted by molar-refractivity contribution is 5.76. The van der Waals surface area contributed by atoms with E-state index in [-0.39, 0.29) is 18.5 Å². The van der Waals surface area contributed by atoms with Gasteiger partial charge in [-0.05, 0) is 38.7 Å². The first-order valence-corrected chi connectivity index (χ1v) is 7.77. The molecule has 1 saturated carbocycles. The van der Waals surface area contributed by atoms with Crippen molar-refractivity contribution in [3.63, 3.8) is 0 Å². The Kier molecular flexibility index (Phi) is 4.02. The van der Waals surface area contributed by atoms with Crippen LogP contribution in [0.1, 0.15) is 36.1 Å². The van der Waals surface area contributed by atoms with Gasteiger partial charge in [0, 0.05) is 30.8 Å². The highest BCUT2D eigenvalue weighted by Crippen LogP contribution is 2.40. The van der Waals surface area contributed by atoms with E-state index in [9.17, 15) is 9.59 Å². The highest BCUT2D eigenvalue weighted by atomic mass is 16.2. The number of hydrogen-bond acceptors (Lipinski definition) is 4. The van der Waals surface area contributed by atoms with Gasteiger partial charge in [0.05, 0.1) is 6.04 Å². The minimum Gasteiger partial charge on any atom is -0.344 e. The van der Waals surface area contributed by atoms with Crippen molar-refractivity contribution < 1.29 is 4.79 Å². The Balaban J connectivity index is 1.76. The van der Waals surface area contributed by atoms with Crippen LogP contribution in [0.3, 0.4) is 0 Å². The maximum Gasteiger partial charge on any atom is 0.348 e. The summed E-state index contributed by atoms with van der Waals surface area (Å²) in [7, 11) is 1.92. The molecule has 1 aliphatic rings. The smallest absolute Gasteiger partial charge is 0.344 e. The van der Waals surface area contributed by atoms with E-state index in [0.29, 0.717) is 11.6 Å². The average molecular weight is 315 g/mol. The van der Waals surface area contributed by atoms with Gasteiger partial charge in [0.25, 0.3) is 0 Å². The normalized spacial score (nSPS) is 15.4. The Morgan fingerprint density at radius 1 is 1.43 bits per heavy atom. The molecular formula is C16H21N5O2. The van der Waals surface area contributed by atoms with Gasteiger partial charge in [0.1, 0.15) is 12.4 Å². The fourth-order valence-corrected chi connectivity index (χ4v) is 2.83. The van der Waals surface area contributed by atoms with Crippen LogP contribution in [0, 0.1) is 19.8 Å². The standard InChI is InChI=1S/C16H21N5O2/c1-10-8-11(2)21(16(23)18-10)9-13(22)19-14(12-4-5-12)15-17-6-7-20(15)3/h6-8,12,14H,4-5,9H2,1-3H3,(H,19,22)/t14-/m0/s1. The summed E-state index contributed by atoms with van der Waals surface area (Å²) in [5.74, 6) is 1.08. The molecule has 7 heteroatoms. The van der Waals surface area contributed by atoms with Crippen molar-refractivity contribution in [2.75, 3.05) is 0 Å². The van der Waals surface area contributed by atoms with Crippen LogP contribution in [0.2, 0.25) is 0 Å². The minimum absolute atomic E-state index is 0.0222. The van der Waals surface area contributed by atoms with E-state index in [0.717, 1.165) is 24.4 Å². The molecule has 2 aromatic rings. The summed E-state index contributed by atoms with van der Waals surface area (Å²) in [5.41, 5.74) is 1.00. The zero-order chi connectivity index (χ0) is 16.6. The van der Waals surface area contributed by atoms with E-state index >= 15 is 0 Å². The number of rotatable bonds is 5. The first kappa shape index (κ1) is 15.5. The summed E-state index contributed by atoms with van der Waals surface area (Å²) in [6, 6.07) is 1.70. The Hall–Kier alpha value is -2.44. The fourth-order valence-electron chi connectivity index (χ4n) is 2.83.